The Morgan fingerprint density at radius 2 is 1.78 bits per heavy atom. The van der Waals surface area contributed by atoms with Crippen LogP contribution < -0.4 is 10.0 Å². The molecule has 6 nitrogen and oxygen atoms in total. The first kappa shape index (κ1) is 20.9. The minimum Gasteiger partial charge on any atom is -0.350 e. The number of amides is 1. The van der Waals surface area contributed by atoms with E-state index in [1.165, 1.54) is 0 Å². The molecule has 2 rings (SSSR count). The summed E-state index contributed by atoms with van der Waals surface area (Å²) in [7, 11) is 0.542. The van der Waals surface area contributed by atoms with Crippen LogP contribution in [0.15, 0.2) is 54.6 Å². The quantitative estimate of drug-likeness (QED) is 0.691. The van der Waals surface area contributed by atoms with E-state index in [4.69, 9.17) is 0 Å². The van der Waals surface area contributed by atoms with E-state index in [0.29, 0.717) is 24.2 Å². The van der Waals surface area contributed by atoms with E-state index in [2.05, 4.69) is 10.0 Å². The molecule has 2 N–H and O–H groups in total. The van der Waals surface area contributed by atoms with Crippen LogP contribution in [0.2, 0.25) is 0 Å². The van der Waals surface area contributed by atoms with Crippen LogP contribution in [0.3, 0.4) is 0 Å². The Labute approximate surface area is 161 Å². The fourth-order valence-corrected chi connectivity index (χ4v) is 3.91. The van der Waals surface area contributed by atoms with Crippen molar-refractivity contribution in [2.75, 3.05) is 31.1 Å². The summed E-state index contributed by atoms with van der Waals surface area (Å²) in [4.78, 5) is 14.6. The van der Waals surface area contributed by atoms with Crippen molar-refractivity contribution < 1.29 is 13.2 Å². The third-order valence-electron chi connectivity index (χ3n) is 4.13. The lowest BCUT2D eigenvalue weighted by molar-refractivity contribution is 0.0942. The fraction of sp³-hybridized carbons (Fsp3) is 0.350. The number of rotatable bonds is 9. The lowest BCUT2D eigenvalue weighted by Crippen LogP contribution is -2.34. The number of hydrogen-bond acceptors (Lipinski definition) is 4. The van der Waals surface area contributed by atoms with Crippen molar-refractivity contribution in [3.05, 3.63) is 65.7 Å². The van der Waals surface area contributed by atoms with Crippen LogP contribution in [0.4, 0.5) is 5.69 Å². The Morgan fingerprint density at radius 3 is 2.41 bits per heavy atom. The Bertz CT molecular complexity index is 852. The second kappa shape index (κ2) is 9.53. The molecule has 0 heterocycles. The van der Waals surface area contributed by atoms with Crippen LogP contribution in [0.25, 0.3) is 0 Å². The summed E-state index contributed by atoms with van der Waals surface area (Å²) in [5, 5.41) is 2.94. The largest absolute Gasteiger partial charge is 0.350 e. The predicted octanol–water partition coefficient (Wildman–Crippen LogP) is 2.87. The van der Waals surface area contributed by atoms with Gasteiger partial charge in [0.15, 0.2) is 0 Å². The first-order chi connectivity index (χ1) is 12.8. The van der Waals surface area contributed by atoms with Gasteiger partial charge in [0.1, 0.15) is 0 Å². The highest BCUT2D eigenvalue weighted by Crippen LogP contribution is 2.17. The molecule has 1 unspecified atom stereocenters. The summed E-state index contributed by atoms with van der Waals surface area (Å²) in [6.45, 7) is 2.25. The number of nitrogens with one attached hydrogen (secondary N) is 2. The number of hydrogen-bond donors (Lipinski definition) is 2. The SMILES string of the molecule is CCCS(=O)(=O)Nc1cccc(C(=O)NCC(c2ccccc2)N(C)C)c1. The van der Waals surface area contributed by atoms with E-state index >= 15 is 0 Å². The summed E-state index contributed by atoms with van der Waals surface area (Å²) in [6.07, 6.45) is 0.529. The number of carbonyl (C=O) groups excluding carboxylic acids is 1. The molecule has 1 atom stereocenters. The number of anilines is 1. The van der Waals surface area contributed by atoms with Gasteiger partial charge < -0.3 is 10.2 Å². The summed E-state index contributed by atoms with van der Waals surface area (Å²) in [6, 6.07) is 16.5. The molecule has 0 aliphatic carbocycles. The van der Waals surface area contributed by atoms with Gasteiger partial charge in [0.05, 0.1) is 11.8 Å². The number of sulfonamides is 1. The molecule has 2 aromatic carbocycles. The van der Waals surface area contributed by atoms with Crippen LogP contribution in [0.1, 0.15) is 35.3 Å². The molecule has 0 bridgehead atoms. The molecular weight excluding hydrogens is 362 g/mol. The molecule has 1 amide bonds. The number of nitrogens with zero attached hydrogens (tertiary/aromatic N) is 1. The second-order valence-corrected chi connectivity index (χ2v) is 8.44. The van der Waals surface area contributed by atoms with Gasteiger partial charge in [-0.15, -0.1) is 0 Å². The third kappa shape index (κ3) is 6.37. The van der Waals surface area contributed by atoms with Gasteiger partial charge in [-0.3, -0.25) is 9.52 Å². The maximum absolute atomic E-state index is 12.5. The molecule has 0 aliphatic rings. The van der Waals surface area contributed by atoms with Crippen LogP contribution in [-0.2, 0) is 10.0 Å². The Hall–Kier alpha value is -2.38. The molecule has 146 valence electrons. The van der Waals surface area contributed by atoms with Crippen molar-refractivity contribution >= 4 is 21.6 Å². The molecule has 0 fully saturated rings. The highest BCUT2D eigenvalue weighted by molar-refractivity contribution is 7.92. The monoisotopic (exact) mass is 389 g/mol. The van der Waals surface area contributed by atoms with Gasteiger partial charge in [-0.05, 0) is 44.3 Å². The lowest BCUT2D eigenvalue weighted by atomic mass is 10.1. The first-order valence-corrected chi connectivity index (χ1v) is 10.6. The zero-order valence-corrected chi connectivity index (χ0v) is 16.8. The maximum Gasteiger partial charge on any atom is 0.251 e. The molecular formula is C20H27N3O3S. The van der Waals surface area contributed by atoms with Gasteiger partial charge in [-0.2, -0.15) is 0 Å². The van der Waals surface area contributed by atoms with Gasteiger partial charge in [-0.1, -0.05) is 43.3 Å². The molecule has 0 aliphatic heterocycles. The van der Waals surface area contributed by atoms with Crippen LogP contribution in [0.5, 0.6) is 0 Å². The summed E-state index contributed by atoms with van der Waals surface area (Å²) in [5.41, 5.74) is 1.92. The number of benzene rings is 2. The standard InChI is InChI=1S/C20H27N3O3S/c1-4-13-27(25,26)22-18-12-8-11-17(14-18)20(24)21-15-19(23(2)3)16-9-6-5-7-10-16/h5-12,14,19,22H,4,13,15H2,1-3H3,(H,21,24). The zero-order valence-electron chi connectivity index (χ0n) is 16.0. The Morgan fingerprint density at radius 1 is 1.07 bits per heavy atom. The summed E-state index contributed by atoms with van der Waals surface area (Å²) < 4.78 is 26.3. The molecule has 0 saturated heterocycles. The van der Waals surface area contributed by atoms with Gasteiger partial charge in [0, 0.05) is 17.8 Å². The van der Waals surface area contributed by atoms with Crippen LogP contribution in [-0.4, -0.2) is 45.6 Å². The van der Waals surface area contributed by atoms with Crippen molar-refractivity contribution in [1.82, 2.24) is 10.2 Å². The van der Waals surface area contributed by atoms with E-state index in [1.807, 2.05) is 49.3 Å². The maximum atomic E-state index is 12.5. The number of likely N-dealkylation sites (N-methyl/N-ethyl adjacent to an activating group) is 1. The average Bonchev–Trinajstić information content (AvgIpc) is 2.62. The molecule has 2 aromatic rings. The van der Waals surface area contributed by atoms with Crippen molar-refractivity contribution in [3.63, 3.8) is 0 Å². The van der Waals surface area contributed by atoms with Crippen molar-refractivity contribution in [2.45, 2.75) is 19.4 Å². The van der Waals surface area contributed by atoms with Gasteiger partial charge in [0.25, 0.3) is 5.91 Å². The normalized spacial score (nSPS) is 12.6. The van der Waals surface area contributed by atoms with E-state index in [-0.39, 0.29) is 17.7 Å². The summed E-state index contributed by atoms with van der Waals surface area (Å²) in [5.74, 6) is -0.195. The molecule has 27 heavy (non-hydrogen) atoms. The summed E-state index contributed by atoms with van der Waals surface area (Å²) >= 11 is 0. The van der Waals surface area contributed by atoms with E-state index in [1.54, 1.807) is 31.2 Å². The molecule has 0 radical (unpaired) electrons. The molecule has 0 aromatic heterocycles. The molecule has 0 spiro atoms. The van der Waals surface area contributed by atoms with E-state index < -0.39 is 10.0 Å². The second-order valence-electron chi connectivity index (χ2n) is 6.60. The van der Waals surface area contributed by atoms with Gasteiger partial charge >= 0.3 is 0 Å². The van der Waals surface area contributed by atoms with Gasteiger partial charge in [-0.25, -0.2) is 8.42 Å². The van der Waals surface area contributed by atoms with Crippen LogP contribution in [0, 0.1) is 0 Å². The average molecular weight is 390 g/mol. The first-order valence-electron chi connectivity index (χ1n) is 8.92. The Kier molecular flexibility index (Phi) is 7.38. The molecule has 7 heteroatoms. The smallest absolute Gasteiger partial charge is 0.251 e. The highest BCUT2D eigenvalue weighted by Gasteiger charge is 2.16. The highest BCUT2D eigenvalue weighted by atomic mass is 32.2. The minimum absolute atomic E-state index is 0.0430. The fourth-order valence-electron chi connectivity index (χ4n) is 2.79. The van der Waals surface area contributed by atoms with Crippen LogP contribution >= 0.6 is 0 Å². The number of carbonyl (C=O) groups is 1. The topological polar surface area (TPSA) is 78.5 Å². The van der Waals surface area contributed by atoms with Gasteiger partial charge in [0.2, 0.25) is 10.0 Å². The van der Waals surface area contributed by atoms with E-state index in [0.717, 1.165) is 5.56 Å². The minimum atomic E-state index is -3.39. The van der Waals surface area contributed by atoms with Crippen molar-refractivity contribution in [1.29, 1.82) is 0 Å². The predicted molar refractivity (Wildman–Crippen MR) is 109 cm³/mol. The van der Waals surface area contributed by atoms with Crippen molar-refractivity contribution in [3.8, 4) is 0 Å². The van der Waals surface area contributed by atoms with Crippen molar-refractivity contribution in [2.24, 2.45) is 0 Å². The zero-order chi connectivity index (χ0) is 19.9. The van der Waals surface area contributed by atoms with E-state index in [9.17, 15) is 13.2 Å². The third-order valence-corrected chi connectivity index (χ3v) is 5.63. The lowest BCUT2D eigenvalue weighted by Gasteiger charge is -2.25. The molecule has 0 saturated carbocycles. The Balaban J connectivity index is 2.06.